The minimum absolute atomic E-state index is 0.491. The Morgan fingerprint density at radius 3 is 2.90 bits per heavy atom. The number of thioether (sulfide) groups is 2. The van der Waals surface area contributed by atoms with Crippen LogP contribution in [0.1, 0.15) is 6.42 Å². The number of rotatable bonds is 2. The molecule has 1 atom stereocenters. The van der Waals surface area contributed by atoms with Gasteiger partial charge in [0.2, 0.25) is 0 Å². The van der Waals surface area contributed by atoms with Crippen LogP contribution in [0, 0.1) is 0 Å². The van der Waals surface area contributed by atoms with E-state index in [9.17, 15) is 0 Å². The Balaban J connectivity index is 2.39. The van der Waals surface area contributed by atoms with Gasteiger partial charge < -0.3 is 0 Å². The van der Waals surface area contributed by atoms with E-state index >= 15 is 0 Å². The van der Waals surface area contributed by atoms with E-state index in [1.54, 1.807) is 0 Å². The van der Waals surface area contributed by atoms with Crippen molar-refractivity contribution < 1.29 is 0 Å². The molecule has 10 heavy (non-hydrogen) atoms. The maximum absolute atomic E-state index is 3.78. The maximum atomic E-state index is 3.78. The van der Waals surface area contributed by atoms with Crippen LogP contribution in [0.2, 0.25) is 0 Å². The molecule has 1 heterocycles. The fourth-order valence-electron chi connectivity index (χ4n) is 1.10. The zero-order chi connectivity index (χ0) is 7.45. The van der Waals surface area contributed by atoms with Crippen molar-refractivity contribution in [2.75, 3.05) is 17.3 Å². The molecule has 52 valence electrons. The molecule has 1 saturated heterocycles. The summed E-state index contributed by atoms with van der Waals surface area (Å²) in [4.78, 5) is 0. The topological polar surface area (TPSA) is 0 Å². The summed E-state index contributed by atoms with van der Waals surface area (Å²) in [5, 5.41) is 0. The monoisotopic (exact) mass is 166 g/mol. The molecule has 0 bridgehead atoms. The molecule has 0 spiro atoms. The van der Waals surface area contributed by atoms with Crippen LogP contribution in [-0.2, 0) is 0 Å². The van der Waals surface area contributed by atoms with Crippen molar-refractivity contribution in [3.8, 4) is 0 Å². The van der Waals surface area contributed by atoms with Crippen molar-refractivity contribution >= 4 is 41.2 Å². The van der Waals surface area contributed by atoms with E-state index < -0.39 is 0 Å². The number of hydrogen-bond donors (Lipinski definition) is 0. The second-order valence-corrected chi connectivity index (χ2v) is 5.63. The molecule has 0 N–H and O–H groups in total. The standard InChI is InChI=1S/C7H11S2.Li/c1-2-3-7-6-8-4-5-9-7;/h2H,1,3-6H2;. The third kappa shape index (κ3) is 2.58. The Labute approximate surface area is 80.8 Å². The van der Waals surface area contributed by atoms with Gasteiger partial charge in [-0.2, -0.15) is 0 Å². The van der Waals surface area contributed by atoms with Crippen molar-refractivity contribution in [3.63, 3.8) is 0 Å². The first-order chi connectivity index (χ1) is 4.77. The van der Waals surface area contributed by atoms with Gasteiger partial charge in [-0.1, -0.05) is 0 Å². The predicted molar refractivity (Wildman–Crippen MR) is 53.1 cm³/mol. The van der Waals surface area contributed by atoms with Crippen LogP contribution in [0.15, 0.2) is 12.7 Å². The first kappa shape index (κ1) is 9.13. The van der Waals surface area contributed by atoms with Crippen LogP contribution >= 0.6 is 23.5 Å². The average molecular weight is 166 g/mol. The van der Waals surface area contributed by atoms with E-state index in [1.165, 1.54) is 17.3 Å². The molecule has 0 saturated carbocycles. The molecule has 0 aromatic rings. The van der Waals surface area contributed by atoms with Crippen LogP contribution in [0.3, 0.4) is 0 Å². The molecular formula is C7H11LiS2. The molecule has 1 aliphatic heterocycles. The zero-order valence-corrected chi connectivity index (χ0v) is 8.06. The summed E-state index contributed by atoms with van der Waals surface area (Å²) in [6.45, 7) is 3.78. The van der Waals surface area contributed by atoms with E-state index in [-0.39, 0.29) is 0 Å². The summed E-state index contributed by atoms with van der Waals surface area (Å²) >= 11 is 6.51. The zero-order valence-electron chi connectivity index (χ0n) is 6.43. The van der Waals surface area contributed by atoms with E-state index in [0.717, 1.165) is 6.42 Å². The van der Waals surface area contributed by atoms with Gasteiger partial charge in [0.15, 0.2) is 0 Å². The summed E-state index contributed by atoms with van der Waals surface area (Å²) in [6.07, 6.45) is 3.20. The van der Waals surface area contributed by atoms with Crippen molar-refractivity contribution in [1.82, 2.24) is 0 Å². The summed E-state index contributed by atoms with van der Waals surface area (Å²) in [5.41, 5.74) is 0. The normalized spacial score (nSPS) is 33.8. The summed E-state index contributed by atoms with van der Waals surface area (Å²) < 4.78 is 0.491. The molecule has 0 amide bonds. The molecule has 0 aromatic carbocycles. The SMILES string of the molecule is [Li][C]1(CC=C)CSCCS1. The summed E-state index contributed by atoms with van der Waals surface area (Å²) in [5.74, 6) is 3.94. The van der Waals surface area contributed by atoms with Crippen LogP contribution in [0.5, 0.6) is 0 Å². The van der Waals surface area contributed by atoms with Gasteiger partial charge >= 0.3 is 81.0 Å². The number of allylic oxidation sites excluding steroid dienone is 1. The average Bonchev–Trinajstić information content (AvgIpc) is 1.89. The van der Waals surface area contributed by atoms with E-state index in [4.69, 9.17) is 0 Å². The molecular weight excluding hydrogens is 155 g/mol. The predicted octanol–water partition coefficient (Wildman–Crippen LogP) is 1.91. The third-order valence-corrected chi connectivity index (χ3v) is 4.85. The van der Waals surface area contributed by atoms with Crippen molar-refractivity contribution in [3.05, 3.63) is 12.7 Å². The van der Waals surface area contributed by atoms with Crippen LogP contribution in [0.4, 0.5) is 0 Å². The van der Waals surface area contributed by atoms with Gasteiger partial charge in [0, 0.05) is 0 Å². The second-order valence-electron chi connectivity index (χ2n) is 2.84. The molecule has 0 aromatic heterocycles. The fourth-order valence-corrected chi connectivity index (χ4v) is 3.91. The fraction of sp³-hybridized carbons (Fsp3) is 0.714. The van der Waals surface area contributed by atoms with E-state index in [1.807, 2.05) is 6.08 Å². The quantitative estimate of drug-likeness (QED) is 0.454. The van der Waals surface area contributed by atoms with Gasteiger partial charge in [0.05, 0.1) is 0 Å². The van der Waals surface area contributed by atoms with Crippen LogP contribution < -0.4 is 0 Å². The Bertz CT molecular complexity index is 119. The van der Waals surface area contributed by atoms with Gasteiger partial charge in [-0.05, 0) is 0 Å². The van der Waals surface area contributed by atoms with Gasteiger partial charge in [0.1, 0.15) is 0 Å². The molecule has 1 unspecified atom stereocenters. The molecule has 1 aliphatic rings. The van der Waals surface area contributed by atoms with Gasteiger partial charge in [-0.15, -0.1) is 0 Å². The van der Waals surface area contributed by atoms with E-state index in [0.29, 0.717) is 3.42 Å². The van der Waals surface area contributed by atoms with Crippen molar-refractivity contribution in [2.24, 2.45) is 0 Å². The second kappa shape index (κ2) is 4.16. The van der Waals surface area contributed by atoms with Gasteiger partial charge in [-0.3, -0.25) is 0 Å². The first-order valence-electron chi connectivity index (χ1n) is 3.59. The Hall–Kier alpha value is 1.04. The van der Waals surface area contributed by atoms with Crippen molar-refractivity contribution in [2.45, 2.75) is 9.84 Å². The molecule has 1 fully saturated rings. The molecule has 0 nitrogen and oxygen atoms in total. The van der Waals surface area contributed by atoms with Gasteiger partial charge in [0.25, 0.3) is 0 Å². The van der Waals surface area contributed by atoms with Gasteiger partial charge in [-0.25, -0.2) is 0 Å². The Kier molecular flexibility index (Phi) is 3.80. The third-order valence-electron chi connectivity index (χ3n) is 1.66. The molecule has 1 rings (SSSR count). The first-order valence-corrected chi connectivity index (χ1v) is 5.73. The summed E-state index contributed by atoms with van der Waals surface area (Å²) in [6, 6.07) is 0. The van der Waals surface area contributed by atoms with Crippen molar-refractivity contribution in [1.29, 1.82) is 0 Å². The Morgan fingerprint density at radius 1 is 1.60 bits per heavy atom. The minimum atomic E-state index is 0.491. The Morgan fingerprint density at radius 2 is 2.40 bits per heavy atom. The summed E-state index contributed by atoms with van der Waals surface area (Å²) in [7, 11) is 0. The van der Waals surface area contributed by atoms with E-state index in [2.05, 4.69) is 47.8 Å². The molecule has 0 radical (unpaired) electrons. The molecule has 3 heteroatoms. The van der Waals surface area contributed by atoms with Crippen LogP contribution in [0.25, 0.3) is 0 Å². The number of hydrogen-bond acceptors (Lipinski definition) is 2. The molecule has 0 aliphatic carbocycles. The van der Waals surface area contributed by atoms with Crippen LogP contribution in [-0.4, -0.2) is 38.4 Å².